The van der Waals surface area contributed by atoms with Crippen molar-refractivity contribution in [1.29, 1.82) is 0 Å². The van der Waals surface area contributed by atoms with Gasteiger partial charge in [-0.15, -0.1) is 11.8 Å². The van der Waals surface area contributed by atoms with Gasteiger partial charge in [-0.2, -0.15) is 0 Å². The first-order valence-electron chi connectivity index (χ1n) is 8.08. The summed E-state index contributed by atoms with van der Waals surface area (Å²) in [4.78, 5) is 16.5. The number of carbonyl (C=O) groups excluding carboxylic acids is 1. The molecule has 1 aliphatic rings. The number of phenols is 1. The van der Waals surface area contributed by atoms with Crippen LogP contribution in [0, 0.1) is 0 Å². The van der Waals surface area contributed by atoms with Crippen LogP contribution in [0.1, 0.15) is 16.5 Å². The SMILES string of the molecule is COc1ccc(-n2cnc3c2[C@@H](c2ccc(O)cc2)SCC(=O)N3)cc1. The van der Waals surface area contributed by atoms with E-state index in [4.69, 9.17) is 4.74 Å². The van der Waals surface area contributed by atoms with E-state index in [0.717, 1.165) is 22.7 Å². The molecule has 0 unspecified atom stereocenters. The second kappa shape index (κ2) is 6.76. The summed E-state index contributed by atoms with van der Waals surface area (Å²) >= 11 is 1.54. The minimum Gasteiger partial charge on any atom is -0.508 e. The van der Waals surface area contributed by atoms with Gasteiger partial charge in [0.05, 0.1) is 23.8 Å². The van der Waals surface area contributed by atoms with Gasteiger partial charge in [-0.3, -0.25) is 9.36 Å². The number of benzene rings is 2. The smallest absolute Gasteiger partial charge is 0.235 e. The zero-order chi connectivity index (χ0) is 18.1. The quantitative estimate of drug-likeness (QED) is 0.742. The van der Waals surface area contributed by atoms with Crippen molar-refractivity contribution >= 4 is 23.5 Å². The summed E-state index contributed by atoms with van der Waals surface area (Å²) in [5.74, 6) is 1.82. The summed E-state index contributed by atoms with van der Waals surface area (Å²) in [6.45, 7) is 0. The maximum atomic E-state index is 12.1. The molecule has 2 N–H and O–H groups in total. The van der Waals surface area contributed by atoms with E-state index in [2.05, 4.69) is 10.3 Å². The average Bonchev–Trinajstić information content (AvgIpc) is 2.99. The fourth-order valence-corrected chi connectivity index (χ4v) is 4.09. The number of carbonyl (C=O) groups is 1. The third-order valence-electron chi connectivity index (χ3n) is 4.24. The van der Waals surface area contributed by atoms with Crippen LogP contribution in [-0.4, -0.2) is 33.4 Å². The normalized spacial score (nSPS) is 16.5. The monoisotopic (exact) mass is 367 g/mol. The Balaban J connectivity index is 1.83. The third kappa shape index (κ3) is 3.01. The number of imidazole rings is 1. The van der Waals surface area contributed by atoms with E-state index in [1.54, 1.807) is 25.6 Å². The van der Waals surface area contributed by atoms with Crippen molar-refractivity contribution in [3.8, 4) is 17.2 Å². The van der Waals surface area contributed by atoms with E-state index < -0.39 is 0 Å². The molecule has 3 aromatic rings. The summed E-state index contributed by atoms with van der Waals surface area (Å²) in [5, 5.41) is 12.4. The first-order chi connectivity index (χ1) is 12.7. The van der Waals surface area contributed by atoms with Gasteiger partial charge in [-0.25, -0.2) is 4.98 Å². The maximum absolute atomic E-state index is 12.1. The van der Waals surface area contributed by atoms with Gasteiger partial charge in [-0.05, 0) is 42.0 Å². The molecule has 0 fully saturated rings. The summed E-state index contributed by atoms with van der Waals surface area (Å²) in [7, 11) is 1.63. The van der Waals surface area contributed by atoms with Crippen LogP contribution in [0.15, 0.2) is 54.9 Å². The first-order valence-corrected chi connectivity index (χ1v) is 9.12. The fraction of sp³-hybridized carbons (Fsp3) is 0.158. The molecule has 1 aliphatic heterocycles. The van der Waals surface area contributed by atoms with Gasteiger partial charge < -0.3 is 15.2 Å². The Morgan fingerprint density at radius 1 is 1.19 bits per heavy atom. The Hall–Kier alpha value is -2.93. The van der Waals surface area contributed by atoms with Crippen molar-refractivity contribution < 1.29 is 14.6 Å². The largest absolute Gasteiger partial charge is 0.508 e. The van der Waals surface area contributed by atoms with Crippen LogP contribution in [0.4, 0.5) is 5.82 Å². The van der Waals surface area contributed by atoms with Crippen molar-refractivity contribution in [3.63, 3.8) is 0 Å². The Labute approximate surface area is 154 Å². The number of hydrogen-bond acceptors (Lipinski definition) is 5. The second-order valence-corrected chi connectivity index (χ2v) is 6.97. The number of nitrogens with zero attached hydrogens (tertiary/aromatic N) is 2. The Kier molecular flexibility index (Phi) is 4.30. The summed E-state index contributed by atoms with van der Waals surface area (Å²) < 4.78 is 7.20. The van der Waals surface area contributed by atoms with Crippen LogP contribution in [0.25, 0.3) is 5.69 Å². The molecular formula is C19H17N3O3S. The predicted molar refractivity (Wildman–Crippen MR) is 101 cm³/mol. The number of ether oxygens (including phenoxy) is 1. The Morgan fingerprint density at radius 3 is 2.62 bits per heavy atom. The van der Waals surface area contributed by atoms with Gasteiger partial charge in [0.25, 0.3) is 0 Å². The minimum atomic E-state index is -0.0887. The highest BCUT2D eigenvalue weighted by Gasteiger charge is 2.29. The standard InChI is InChI=1S/C19H17N3O3S/c1-25-15-8-4-13(5-9-15)22-11-20-19-17(22)18(26-10-16(24)21-19)12-2-6-14(23)7-3-12/h2-9,11,18,23H,10H2,1H3,(H,21,24)/t18-/m1/s1. The Bertz CT molecular complexity index is 936. The molecule has 0 bridgehead atoms. The molecule has 4 rings (SSSR count). The van der Waals surface area contributed by atoms with Crippen LogP contribution in [0.5, 0.6) is 11.5 Å². The van der Waals surface area contributed by atoms with Gasteiger partial charge in [0.15, 0.2) is 5.82 Å². The number of methoxy groups -OCH3 is 1. The Morgan fingerprint density at radius 2 is 1.92 bits per heavy atom. The first kappa shape index (κ1) is 16.5. The molecule has 6 nitrogen and oxygen atoms in total. The lowest BCUT2D eigenvalue weighted by Crippen LogP contribution is -2.12. The van der Waals surface area contributed by atoms with Crippen molar-refractivity contribution in [2.75, 3.05) is 18.2 Å². The highest BCUT2D eigenvalue weighted by atomic mass is 32.2. The lowest BCUT2D eigenvalue weighted by atomic mass is 10.1. The number of aromatic nitrogens is 2. The number of thioether (sulfide) groups is 1. The van der Waals surface area contributed by atoms with E-state index >= 15 is 0 Å². The summed E-state index contributed by atoms with van der Waals surface area (Å²) in [6, 6.07) is 14.7. The maximum Gasteiger partial charge on any atom is 0.235 e. The van der Waals surface area contributed by atoms with E-state index in [1.807, 2.05) is 41.0 Å². The molecule has 0 saturated heterocycles. The van der Waals surface area contributed by atoms with Crippen LogP contribution in [0.2, 0.25) is 0 Å². The average molecular weight is 367 g/mol. The molecule has 0 spiro atoms. The number of nitrogens with one attached hydrogen (secondary N) is 1. The molecular weight excluding hydrogens is 350 g/mol. The van der Waals surface area contributed by atoms with Crippen LogP contribution >= 0.6 is 11.8 Å². The van der Waals surface area contributed by atoms with Gasteiger partial charge in [0.1, 0.15) is 17.8 Å². The predicted octanol–water partition coefficient (Wildman–Crippen LogP) is 3.36. The number of hydrogen-bond donors (Lipinski definition) is 2. The van der Waals surface area contributed by atoms with Crippen molar-refractivity contribution in [1.82, 2.24) is 9.55 Å². The zero-order valence-electron chi connectivity index (χ0n) is 14.0. The number of aromatic hydroxyl groups is 1. The van der Waals surface area contributed by atoms with Crippen LogP contribution < -0.4 is 10.1 Å². The van der Waals surface area contributed by atoms with Crippen molar-refractivity contribution in [3.05, 3.63) is 66.1 Å². The van der Waals surface area contributed by atoms with Crippen LogP contribution in [0.3, 0.4) is 0 Å². The second-order valence-electron chi connectivity index (χ2n) is 5.88. The molecule has 0 saturated carbocycles. The molecule has 2 heterocycles. The third-order valence-corrected chi connectivity index (χ3v) is 5.50. The number of fused-ring (bicyclic) bond motifs is 1. The summed E-state index contributed by atoms with van der Waals surface area (Å²) in [5.41, 5.74) is 2.83. The minimum absolute atomic E-state index is 0.0718. The lowest BCUT2D eigenvalue weighted by Gasteiger charge is -2.18. The van der Waals surface area contributed by atoms with Gasteiger partial charge in [-0.1, -0.05) is 12.1 Å². The van der Waals surface area contributed by atoms with Gasteiger partial charge in [0.2, 0.25) is 5.91 Å². The molecule has 26 heavy (non-hydrogen) atoms. The number of amides is 1. The number of rotatable bonds is 3. The van der Waals surface area contributed by atoms with E-state index in [0.29, 0.717) is 11.6 Å². The van der Waals surface area contributed by atoms with Gasteiger partial charge >= 0.3 is 0 Å². The van der Waals surface area contributed by atoms with Crippen molar-refractivity contribution in [2.24, 2.45) is 0 Å². The van der Waals surface area contributed by atoms with Crippen molar-refractivity contribution in [2.45, 2.75) is 5.25 Å². The highest BCUT2D eigenvalue weighted by molar-refractivity contribution is 8.00. The molecule has 0 radical (unpaired) electrons. The fourth-order valence-electron chi connectivity index (χ4n) is 2.96. The molecule has 1 aromatic heterocycles. The van der Waals surface area contributed by atoms with E-state index in [9.17, 15) is 9.90 Å². The highest BCUT2D eigenvalue weighted by Crippen LogP contribution is 2.42. The number of anilines is 1. The molecule has 7 heteroatoms. The number of phenolic OH excluding ortho intramolecular Hbond substituents is 1. The van der Waals surface area contributed by atoms with E-state index in [1.165, 1.54) is 11.8 Å². The zero-order valence-corrected chi connectivity index (χ0v) is 14.9. The molecule has 2 aromatic carbocycles. The lowest BCUT2D eigenvalue weighted by molar-refractivity contribution is -0.113. The van der Waals surface area contributed by atoms with Gasteiger partial charge in [0, 0.05) is 5.69 Å². The molecule has 1 amide bonds. The summed E-state index contributed by atoms with van der Waals surface area (Å²) in [6.07, 6.45) is 1.71. The molecule has 0 aliphatic carbocycles. The van der Waals surface area contributed by atoms with Crippen LogP contribution in [-0.2, 0) is 4.79 Å². The van der Waals surface area contributed by atoms with E-state index in [-0.39, 0.29) is 16.9 Å². The molecule has 132 valence electrons. The molecule has 1 atom stereocenters. The topological polar surface area (TPSA) is 76.4 Å².